The van der Waals surface area contributed by atoms with E-state index in [0.29, 0.717) is 0 Å². The summed E-state index contributed by atoms with van der Waals surface area (Å²) in [5.41, 5.74) is 4.48. The largest absolute Gasteiger partial charge is 0.371 e. The van der Waals surface area contributed by atoms with Crippen molar-refractivity contribution >= 4 is 20.2 Å². The molecule has 1 aromatic carbocycles. The van der Waals surface area contributed by atoms with Crippen LogP contribution in [0, 0.1) is 0 Å². The molecule has 2 aliphatic heterocycles. The average Bonchev–Trinajstić information content (AvgIpc) is 2.89. The number of hydrogen-bond donors (Lipinski definition) is 1. The highest BCUT2D eigenvalue weighted by Gasteiger charge is 2.24. The highest BCUT2D eigenvalue weighted by atomic mass is 31.0. The monoisotopic (exact) mass is 277 g/mol. The Morgan fingerprint density at radius 1 is 1.16 bits per heavy atom. The van der Waals surface area contributed by atoms with Crippen LogP contribution in [0.4, 0.5) is 5.69 Å². The van der Waals surface area contributed by atoms with Crippen molar-refractivity contribution in [3.8, 4) is 0 Å². The minimum absolute atomic E-state index is 0.753. The van der Waals surface area contributed by atoms with Crippen LogP contribution >= 0.6 is 9.24 Å². The first-order valence-corrected chi connectivity index (χ1v) is 7.77. The third-order valence-electron chi connectivity index (χ3n) is 4.58. The van der Waals surface area contributed by atoms with Crippen LogP contribution in [0.5, 0.6) is 0 Å². The van der Waals surface area contributed by atoms with Crippen LogP contribution in [-0.4, -0.2) is 38.1 Å². The minimum Gasteiger partial charge on any atom is -0.371 e. The lowest BCUT2D eigenvalue weighted by molar-refractivity contribution is 0.249. The van der Waals surface area contributed by atoms with Gasteiger partial charge in [0.2, 0.25) is 0 Å². The first-order valence-electron chi connectivity index (χ1n) is 7.19. The Morgan fingerprint density at radius 2 is 1.84 bits per heavy atom. The van der Waals surface area contributed by atoms with Crippen molar-refractivity contribution in [1.29, 1.82) is 0 Å². The molecule has 4 heteroatoms. The Kier molecular flexibility index (Phi) is 3.79. The van der Waals surface area contributed by atoms with Gasteiger partial charge in [-0.15, -0.1) is 9.24 Å². The minimum atomic E-state index is 0.753. The number of rotatable bonds is 2. The number of hydrogen-bond acceptors (Lipinski definition) is 3. The second kappa shape index (κ2) is 5.40. The van der Waals surface area contributed by atoms with Crippen LogP contribution < -0.4 is 15.5 Å². The lowest BCUT2D eigenvalue weighted by Gasteiger charge is -2.37. The molecule has 104 valence electrons. The standard InChI is InChI=1S/C15H24N3P/c1-17(2)11-5-7-18(8-6-11)14-3-4-15(19)13-10-16-9-12(13)14/h3-4,11,16H,5-10,19H2,1-2H3. The molecule has 2 aliphatic rings. The highest BCUT2D eigenvalue weighted by Crippen LogP contribution is 2.30. The lowest BCUT2D eigenvalue weighted by atomic mass is 10.0. The zero-order valence-corrected chi connectivity index (χ0v) is 13.1. The third-order valence-corrected chi connectivity index (χ3v) is 5.12. The van der Waals surface area contributed by atoms with E-state index >= 15 is 0 Å². The van der Waals surface area contributed by atoms with Crippen molar-refractivity contribution < 1.29 is 0 Å². The predicted molar refractivity (Wildman–Crippen MR) is 85.3 cm³/mol. The van der Waals surface area contributed by atoms with Crippen molar-refractivity contribution in [2.45, 2.75) is 32.0 Å². The predicted octanol–water partition coefficient (Wildman–Crippen LogP) is 1.32. The molecule has 1 aromatic rings. The smallest absolute Gasteiger partial charge is 0.0415 e. The summed E-state index contributed by atoms with van der Waals surface area (Å²) in [7, 11) is 7.27. The zero-order chi connectivity index (χ0) is 13.4. The molecule has 0 radical (unpaired) electrons. The topological polar surface area (TPSA) is 18.5 Å². The summed E-state index contributed by atoms with van der Waals surface area (Å²) in [5.74, 6) is 0. The maximum absolute atomic E-state index is 3.49. The molecule has 0 spiro atoms. The first kappa shape index (κ1) is 13.4. The average molecular weight is 277 g/mol. The van der Waals surface area contributed by atoms with Crippen molar-refractivity contribution in [3.05, 3.63) is 23.3 Å². The summed E-state index contributed by atoms with van der Waals surface area (Å²) in [6.45, 7) is 4.42. The molecular weight excluding hydrogens is 253 g/mol. The van der Waals surface area contributed by atoms with Crippen LogP contribution in [0.15, 0.2) is 12.1 Å². The van der Waals surface area contributed by atoms with E-state index in [2.05, 4.69) is 50.6 Å². The van der Waals surface area contributed by atoms with E-state index < -0.39 is 0 Å². The normalized spacial score (nSPS) is 20.1. The maximum atomic E-state index is 3.49. The van der Waals surface area contributed by atoms with Gasteiger partial charge in [0.05, 0.1) is 0 Å². The second-order valence-electron chi connectivity index (χ2n) is 5.92. The zero-order valence-electron chi connectivity index (χ0n) is 11.9. The SMILES string of the molecule is CN(C)C1CCN(c2ccc(P)c3c2CNC3)CC1. The molecule has 19 heavy (non-hydrogen) atoms. The maximum Gasteiger partial charge on any atom is 0.0415 e. The molecule has 3 rings (SSSR count). The molecule has 1 unspecified atom stereocenters. The summed E-state index contributed by atoms with van der Waals surface area (Å²) < 4.78 is 0. The van der Waals surface area contributed by atoms with Gasteiger partial charge in [-0.2, -0.15) is 0 Å². The highest BCUT2D eigenvalue weighted by molar-refractivity contribution is 7.27. The molecule has 3 nitrogen and oxygen atoms in total. The quantitative estimate of drug-likeness (QED) is 0.823. The Labute approximate surface area is 118 Å². The van der Waals surface area contributed by atoms with Gasteiger partial charge >= 0.3 is 0 Å². The van der Waals surface area contributed by atoms with Crippen molar-refractivity contribution in [2.75, 3.05) is 32.1 Å². The molecule has 1 N–H and O–H groups in total. The van der Waals surface area contributed by atoms with E-state index in [-0.39, 0.29) is 0 Å². The van der Waals surface area contributed by atoms with E-state index in [1.54, 1.807) is 0 Å². The molecule has 0 aromatic heterocycles. The molecule has 0 saturated carbocycles. The molecular formula is C15H24N3P. The van der Waals surface area contributed by atoms with E-state index in [1.807, 2.05) is 0 Å². The van der Waals surface area contributed by atoms with Gasteiger partial charge in [0, 0.05) is 37.9 Å². The second-order valence-corrected chi connectivity index (χ2v) is 6.54. The Balaban J connectivity index is 1.79. The number of nitrogens with one attached hydrogen (secondary N) is 1. The number of benzene rings is 1. The van der Waals surface area contributed by atoms with Crippen LogP contribution in [0.1, 0.15) is 24.0 Å². The van der Waals surface area contributed by atoms with Crippen LogP contribution in [0.3, 0.4) is 0 Å². The van der Waals surface area contributed by atoms with Gasteiger partial charge in [0.1, 0.15) is 0 Å². The van der Waals surface area contributed by atoms with Gasteiger partial charge in [0.15, 0.2) is 0 Å². The van der Waals surface area contributed by atoms with Gasteiger partial charge in [-0.05, 0) is 49.4 Å². The summed E-state index contributed by atoms with van der Waals surface area (Å²) in [6, 6.07) is 5.32. The fraction of sp³-hybridized carbons (Fsp3) is 0.600. The molecule has 1 fully saturated rings. The lowest BCUT2D eigenvalue weighted by Crippen LogP contribution is -2.42. The van der Waals surface area contributed by atoms with E-state index in [9.17, 15) is 0 Å². The summed E-state index contributed by atoms with van der Waals surface area (Å²) in [6.07, 6.45) is 2.55. The Bertz CT molecular complexity index is 465. The van der Waals surface area contributed by atoms with Gasteiger partial charge in [-0.3, -0.25) is 0 Å². The number of nitrogens with zero attached hydrogens (tertiary/aromatic N) is 2. The summed E-state index contributed by atoms with van der Waals surface area (Å²) in [5, 5.41) is 4.84. The van der Waals surface area contributed by atoms with E-state index in [0.717, 1.165) is 19.1 Å². The summed E-state index contributed by atoms with van der Waals surface area (Å²) in [4.78, 5) is 4.95. The fourth-order valence-corrected chi connectivity index (χ4v) is 3.71. The van der Waals surface area contributed by atoms with Crippen LogP contribution in [-0.2, 0) is 13.1 Å². The number of anilines is 1. The summed E-state index contributed by atoms with van der Waals surface area (Å²) >= 11 is 0. The van der Waals surface area contributed by atoms with Gasteiger partial charge in [0.25, 0.3) is 0 Å². The molecule has 0 amide bonds. The van der Waals surface area contributed by atoms with Crippen molar-refractivity contribution in [1.82, 2.24) is 10.2 Å². The van der Waals surface area contributed by atoms with Crippen molar-refractivity contribution in [2.24, 2.45) is 0 Å². The van der Waals surface area contributed by atoms with E-state index in [4.69, 9.17) is 0 Å². The molecule has 0 aliphatic carbocycles. The third kappa shape index (κ3) is 2.52. The van der Waals surface area contributed by atoms with Crippen molar-refractivity contribution in [3.63, 3.8) is 0 Å². The van der Waals surface area contributed by atoms with E-state index in [1.165, 1.54) is 48.0 Å². The molecule has 1 atom stereocenters. The molecule has 0 bridgehead atoms. The van der Waals surface area contributed by atoms with Gasteiger partial charge in [-0.25, -0.2) is 0 Å². The van der Waals surface area contributed by atoms with Gasteiger partial charge < -0.3 is 15.1 Å². The number of piperidine rings is 1. The van der Waals surface area contributed by atoms with Crippen LogP contribution in [0.25, 0.3) is 0 Å². The number of fused-ring (bicyclic) bond motifs is 1. The Hall–Kier alpha value is -0.630. The molecule has 1 saturated heterocycles. The first-order chi connectivity index (χ1) is 9.16. The Morgan fingerprint density at radius 3 is 2.53 bits per heavy atom. The fourth-order valence-electron chi connectivity index (χ4n) is 3.34. The molecule has 2 heterocycles. The van der Waals surface area contributed by atoms with Gasteiger partial charge in [-0.1, -0.05) is 6.07 Å². The van der Waals surface area contributed by atoms with Crippen LogP contribution in [0.2, 0.25) is 0 Å².